The molecule has 0 aromatic carbocycles. The Labute approximate surface area is 146 Å². The van der Waals surface area contributed by atoms with E-state index >= 15 is 0 Å². The average Bonchev–Trinajstić information content (AvgIpc) is 3.03. The average molecular weight is 342 g/mol. The van der Waals surface area contributed by atoms with E-state index in [1.54, 1.807) is 0 Å². The molecule has 1 aliphatic carbocycles. The number of fused-ring (bicyclic) bond motifs is 1. The number of rotatable bonds is 2. The normalized spacial score (nSPS) is 38.5. The summed E-state index contributed by atoms with van der Waals surface area (Å²) in [5.41, 5.74) is 0. The third-order valence-corrected chi connectivity index (χ3v) is 7.27. The highest BCUT2D eigenvalue weighted by Crippen LogP contribution is 2.37. The quantitative estimate of drug-likeness (QED) is 0.761. The largest absolute Gasteiger partial charge is 0.381 e. The van der Waals surface area contributed by atoms with Crippen LogP contribution >= 0.6 is 11.8 Å². The van der Waals surface area contributed by atoms with E-state index < -0.39 is 0 Å². The van der Waals surface area contributed by atoms with Gasteiger partial charge < -0.3 is 9.47 Å². The SMILES string of the molecule is CSC1CCCCCCCCC2COCC2C1N1CCOCC1. The first-order chi connectivity index (χ1) is 11.4. The molecule has 2 saturated heterocycles. The number of nitrogens with zero attached hydrogens (tertiary/aromatic N) is 1. The van der Waals surface area contributed by atoms with Crippen LogP contribution in [0.15, 0.2) is 0 Å². The zero-order valence-corrected chi connectivity index (χ0v) is 15.7. The van der Waals surface area contributed by atoms with Crippen molar-refractivity contribution in [3.05, 3.63) is 0 Å². The lowest BCUT2D eigenvalue weighted by atomic mass is 9.81. The van der Waals surface area contributed by atoms with E-state index in [4.69, 9.17) is 9.47 Å². The predicted octanol–water partition coefficient (Wildman–Crippen LogP) is 3.82. The van der Waals surface area contributed by atoms with E-state index in [9.17, 15) is 0 Å². The second-order valence-electron chi connectivity index (χ2n) is 7.57. The van der Waals surface area contributed by atoms with Crippen LogP contribution < -0.4 is 0 Å². The highest BCUT2D eigenvalue weighted by molar-refractivity contribution is 7.99. The molecule has 2 heterocycles. The van der Waals surface area contributed by atoms with Gasteiger partial charge in [-0.2, -0.15) is 11.8 Å². The number of hydrogen-bond donors (Lipinski definition) is 0. The molecule has 0 amide bonds. The Bertz CT molecular complexity index is 335. The molecule has 4 unspecified atom stereocenters. The lowest BCUT2D eigenvalue weighted by molar-refractivity contribution is -0.00438. The van der Waals surface area contributed by atoms with Crippen LogP contribution in [0.25, 0.3) is 0 Å². The van der Waals surface area contributed by atoms with E-state index in [1.807, 2.05) is 0 Å². The zero-order valence-electron chi connectivity index (χ0n) is 14.9. The van der Waals surface area contributed by atoms with Crippen LogP contribution in [-0.2, 0) is 9.47 Å². The molecule has 3 aliphatic rings. The van der Waals surface area contributed by atoms with Crippen LogP contribution in [0, 0.1) is 11.8 Å². The second-order valence-corrected chi connectivity index (χ2v) is 8.65. The Morgan fingerprint density at radius 2 is 1.52 bits per heavy atom. The summed E-state index contributed by atoms with van der Waals surface area (Å²) in [6.45, 7) is 6.05. The summed E-state index contributed by atoms with van der Waals surface area (Å²) in [6.07, 6.45) is 13.6. The predicted molar refractivity (Wildman–Crippen MR) is 98.2 cm³/mol. The third-order valence-electron chi connectivity index (χ3n) is 6.15. The summed E-state index contributed by atoms with van der Waals surface area (Å²) in [5, 5.41) is 0.765. The molecular weight excluding hydrogens is 306 g/mol. The minimum Gasteiger partial charge on any atom is -0.381 e. The molecule has 1 saturated carbocycles. The van der Waals surface area contributed by atoms with Crippen molar-refractivity contribution in [3.8, 4) is 0 Å². The van der Waals surface area contributed by atoms with Gasteiger partial charge in [-0.15, -0.1) is 0 Å². The molecule has 134 valence electrons. The monoisotopic (exact) mass is 341 g/mol. The third kappa shape index (κ3) is 4.87. The molecule has 4 atom stereocenters. The topological polar surface area (TPSA) is 21.7 Å². The maximum atomic E-state index is 5.99. The minimum atomic E-state index is 0.695. The Morgan fingerprint density at radius 3 is 2.26 bits per heavy atom. The summed E-state index contributed by atoms with van der Waals surface area (Å²) < 4.78 is 11.6. The number of hydrogen-bond acceptors (Lipinski definition) is 4. The fraction of sp³-hybridized carbons (Fsp3) is 1.00. The van der Waals surface area contributed by atoms with E-state index in [1.165, 1.54) is 51.4 Å². The molecule has 0 spiro atoms. The van der Waals surface area contributed by atoms with Crippen molar-refractivity contribution < 1.29 is 9.47 Å². The van der Waals surface area contributed by atoms with Crippen molar-refractivity contribution in [1.29, 1.82) is 0 Å². The Morgan fingerprint density at radius 1 is 0.826 bits per heavy atom. The first-order valence-electron chi connectivity index (χ1n) is 9.82. The fourth-order valence-corrected chi connectivity index (χ4v) is 5.89. The van der Waals surface area contributed by atoms with Gasteiger partial charge in [0, 0.05) is 36.9 Å². The van der Waals surface area contributed by atoms with E-state index in [2.05, 4.69) is 22.9 Å². The van der Waals surface area contributed by atoms with Crippen molar-refractivity contribution in [1.82, 2.24) is 4.90 Å². The highest BCUT2D eigenvalue weighted by atomic mass is 32.2. The summed E-state index contributed by atoms with van der Waals surface area (Å²) in [5.74, 6) is 1.53. The van der Waals surface area contributed by atoms with E-state index in [-0.39, 0.29) is 0 Å². The van der Waals surface area contributed by atoms with Crippen molar-refractivity contribution in [2.75, 3.05) is 45.8 Å². The van der Waals surface area contributed by atoms with E-state index in [0.29, 0.717) is 6.04 Å². The van der Waals surface area contributed by atoms with Gasteiger partial charge in [-0.1, -0.05) is 38.5 Å². The smallest absolute Gasteiger partial charge is 0.0594 e. The Kier molecular flexibility index (Phi) is 7.56. The second kappa shape index (κ2) is 9.65. The molecule has 3 fully saturated rings. The maximum absolute atomic E-state index is 5.99. The summed E-state index contributed by atoms with van der Waals surface area (Å²) in [4.78, 5) is 2.75. The lowest BCUT2D eigenvalue weighted by Crippen LogP contribution is -2.53. The molecule has 0 bridgehead atoms. The molecular formula is C19H35NO2S. The summed E-state index contributed by atoms with van der Waals surface area (Å²) in [7, 11) is 0. The molecule has 0 radical (unpaired) electrons. The van der Waals surface area contributed by atoms with Crippen LogP contribution in [0.5, 0.6) is 0 Å². The first-order valence-corrected chi connectivity index (χ1v) is 11.1. The fourth-order valence-electron chi connectivity index (χ4n) is 4.83. The van der Waals surface area contributed by atoms with Gasteiger partial charge >= 0.3 is 0 Å². The first kappa shape index (κ1) is 18.0. The molecule has 0 aromatic heterocycles. The van der Waals surface area contributed by atoms with Crippen molar-refractivity contribution in [2.24, 2.45) is 11.8 Å². The number of morpholine rings is 1. The number of thioether (sulfide) groups is 1. The van der Waals surface area contributed by atoms with Crippen molar-refractivity contribution in [2.45, 2.75) is 62.7 Å². The Balaban J connectivity index is 1.76. The molecule has 0 aromatic rings. The van der Waals surface area contributed by atoms with Gasteiger partial charge in [0.2, 0.25) is 0 Å². The van der Waals surface area contributed by atoms with E-state index in [0.717, 1.165) is 56.6 Å². The molecule has 0 N–H and O–H groups in total. The molecule has 4 heteroatoms. The standard InChI is InChI=1S/C19H35NO2S/c1-23-18-9-7-5-3-2-4-6-8-16-14-22-15-17(16)19(18)20-10-12-21-13-11-20/h16-19H,2-15H2,1H3. The lowest BCUT2D eigenvalue weighted by Gasteiger charge is -2.43. The van der Waals surface area contributed by atoms with Gasteiger partial charge in [0.1, 0.15) is 0 Å². The van der Waals surface area contributed by atoms with Crippen LogP contribution in [0.2, 0.25) is 0 Å². The minimum absolute atomic E-state index is 0.695. The van der Waals surface area contributed by atoms with Crippen LogP contribution in [-0.4, -0.2) is 62.0 Å². The zero-order chi connectivity index (χ0) is 15.9. The Hall–Kier alpha value is 0.230. The van der Waals surface area contributed by atoms with Gasteiger partial charge in [-0.3, -0.25) is 4.90 Å². The van der Waals surface area contributed by atoms with Crippen molar-refractivity contribution in [3.63, 3.8) is 0 Å². The number of ether oxygens (including phenoxy) is 2. The molecule has 3 rings (SSSR count). The van der Waals surface area contributed by atoms with Gasteiger partial charge in [-0.25, -0.2) is 0 Å². The summed E-state index contributed by atoms with van der Waals surface area (Å²) >= 11 is 2.11. The van der Waals surface area contributed by atoms with Gasteiger partial charge in [0.25, 0.3) is 0 Å². The van der Waals surface area contributed by atoms with Crippen LogP contribution in [0.3, 0.4) is 0 Å². The van der Waals surface area contributed by atoms with Crippen LogP contribution in [0.1, 0.15) is 51.4 Å². The van der Waals surface area contributed by atoms with Gasteiger partial charge in [-0.05, 0) is 25.0 Å². The van der Waals surface area contributed by atoms with Crippen LogP contribution in [0.4, 0.5) is 0 Å². The molecule has 23 heavy (non-hydrogen) atoms. The van der Waals surface area contributed by atoms with Crippen molar-refractivity contribution >= 4 is 11.8 Å². The van der Waals surface area contributed by atoms with Gasteiger partial charge in [0.15, 0.2) is 0 Å². The maximum Gasteiger partial charge on any atom is 0.0594 e. The highest BCUT2D eigenvalue weighted by Gasteiger charge is 2.41. The molecule has 3 nitrogen and oxygen atoms in total. The summed E-state index contributed by atoms with van der Waals surface area (Å²) in [6, 6.07) is 0.695. The molecule has 2 aliphatic heterocycles. The van der Waals surface area contributed by atoms with Gasteiger partial charge in [0.05, 0.1) is 19.8 Å².